The maximum Gasteiger partial charge on any atom is 0.220 e. The van der Waals surface area contributed by atoms with Gasteiger partial charge in [-0.1, -0.05) is 0 Å². The third-order valence-corrected chi connectivity index (χ3v) is 3.65. The fourth-order valence-corrected chi connectivity index (χ4v) is 3.10. The fraction of sp³-hybridized carbons (Fsp3) is 0.400. The van der Waals surface area contributed by atoms with Crippen LogP contribution in [0.15, 0.2) is 21.2 Å². The van der Waals surface area contributed by atoms with Gasteiger partial charge in [0.2, 0.25) is 5.91 Å². The van der Waals surface area contributed by atoms with Crippen molar-refractivity contribution in [2.45, 2.75) is 25.3 Å². The normalized spacial score (nSPS) is 25.4. The summed E-state index contributed by atoms with van der Waals surface area (Å²) in [7, 11) is 0. The van der Waals surface area contributed by atoms with E-state index < -0.39 is 0 Å². The first kappa shape index (κ1) is 11.1. The molecule has 1 aromatic heterocycles. The Kier molecular flexibility index (Phi) is 3.11. The van der Waals surface area contributed by atoms with Crippen molar-refractivity contribution < 1.29 is 4.79 Å². The third kappa shape index (κ3) is 2.23. The van der Waals surface area contributed by atoms with Gasteiger partial charge in [0.05, 0.1) is 5.69 Å². The molecule has 2 unspecified atom stereocenters. The van der Waals surface area contributed by atoms with E-state index >= 15 is 0 Å². The van der Waals surface area contributed by atoms with Crippen LogP contribution in [0.4, 0.5) is 0 Å². The number of nitrogens with one attached hydrogen (secondary N) is 1. The Bertz CT molecular complexity index is 408. The monoisotopic (exact) mass is 332 g/mol. The standard InChI is InChI=1S/C10H10Br2N2O/c1-5-7(3-9(15)14-5)10-8(12)2-6(11)4-13-10/h2,4-5,7H,3H2,1H3,(H,14,15). The first-order valence-electron chi connectivity index (χ1n) is 4.68. The minimum Gasteiger partial charge on any atom is -0.353 e. The van der Waals surface area contributed by atoms with Gasteiger partial charge in [-0.3, -0.25) is 9.78 Å². The second kappa shape index (κ2) is 4.22. The van der Waals surface area contributed by atoms with Gasteiger partial charge in [0.25, 0.3) is 0 Å². The summed E-state index contributed by atoms with van der Waals surface area (Å²) in [5, 5.41) is 2.90. The van der Waals surface area contributed by atoms with E-state index in [1.807, 2.05) is 13.0 Å². The van der Waals surface area contributed by atoms with Crippen molar-refractivity contribution in [1.82, 2.24) is 10.3 Å². The molecule has 15 heavy (non-hydrogen) atoms. The maximum atomic E-state index is 11.3. The quantitative estimate of drug-likeness (QED) is 0.858. The Morgan fingerprint density at radius 1 is 1.53 bits per heavy atom. The Labute approximate surface area is 105 Å². The highest BCUT2D eigenvalue weighted by Crippen LogP contribution is 2.32. The van der Waals surface area contributed by atoms with E-state index in [9.17, 15) is 4.79 Å². The van der Waals surface area contributed by atoms with Crippen molar-refractivity contribution in [1.29, 1.82) is 0 Å². The summed E-state index contributed by atoms with van der Waals surface area (Å²) in [5.41, 5.74) is 0.948. The second-order valence-electron chi connectivity index (χ2n) is 3.69. The van der Waals surface area contributed by atoms with Gasteiger partial charge in [-0.25, -0.2) is 0 Å². The van der Waals surface area contributed by atoms with E-state index in [-0.39, 0.29) is 17.9 Å². The van der Waals surface area contributed by atoms with Crippen LogP contribution in [0.1, 0.15) is 25.0 Å². The van der Waals surface area contributed by atoms with Crippen LogP contribution in [0.5, 0.6) is 0 Å². The summed E-state index contributed by atoms with van der Waals surface area (Å²) in [5.74, 6) is 0.268. The molecule has 2 heterocycles. The lowest BCUT2D eigenvalue weighted by Gasteiger charge is -2.14. The molecule has 2 atom stereocenters. The lowest BCUT2D eigenvalue weighted by Crippen LogP contribution is -2.25. The molecular weight excluding hydrogens is 324 g/mol. The largest absolute Gasteiger partial charge is 0.353 e. The molecule has 1 N–H and O–H groups in total. The number of carbonyl (C=O) groups excluding carboxylic acids is 1. The number of hydrogen-bond acceptors (Lipinski definition) is 2. The minimum absolute atomic E-state index is 0.101. The van der Waals surface area contributed by atoms with Crippen LogP contribution < -0.4 is 5.32 Å². The molecule has 2 rings (SSSR count). The van der Waals surface area contributed by atoms with Gasteiger partial charge in [-0.05, 0) is 44.8 Å². The van der Waals surface area contributed by atoms with Crippen LogP contribution in [0, 0.1) is 0 Å². The first-order chi connectivity index (χ1) is 7.08. The van der Waals surface area contributed by atoms with Crippen LogP contribution in [0.2, 0.25) is 0 Å². The zero-order valence-corrected chi connectivity index (χ0v) is 11.3. The molecule has 0 aliphatic carbocycles. The Balaban J connectivity index is 2.33. The Morgan fingerprint density at radius 3 is 2.80 bits per heavy atom. The minimum atomic E-state index is 0.101. The maximum absolute atomic E-state index is 11.3. The molecule has 80 valence electrons. The van der Waals surface area contributed by atoms with Gasteiger partial charge >= 0.3 is 0 Å². The van der Waals surface area contributed by atoms with Gasteiger partial charge in [0.15, 0.2) is 0 Å². The zero-order valence-electron chi connectivity index (χ0n) is 8.13. The van der Waals surface area contributed by atoms with Crippen molar-refractivity contribution >= 4 is 37.8 Å². The Morgan fingerprint density at radius 2 is 2.27 bits per heavy atom. The highest BCUT2D eigenvalue weighted by Gasteiger charge is 2.32. The number of nitrogens with zero attached hydrogens (tertiary/aromatic N) is 1. The lowest BCUT2D eigenvalue weighted by atomic mass is 9.97. The van der Waals surface area contributed by atoms with Crippen molar-refractivity contribution in [2.75, 3.05) is 0 Å². The van der Waals surface area contributed by atoms with Crippen molar-refractivity contribution in [3.63, 3.8) is 0 Å². The number of carbonyl (C=O) groups is 1. The average molecular weight is 334 g/mol. The van der Waals surface area contributed by atoms with Gasteiger partial charge in [0.1, 0.15) is 0 Å². The average Bonchev–Trinajstić information content (AvgIpc) is 2.45. The summed E-state index contributed by atoms with van der Waals surface area (Å²) in [6.07, 6.45) is 2.28. The van der Waals surface area contributed by atoms with E-state index in [4.69, 9.17) is 0 Å². The number of amides is 1. The molecule has 1 fully saturated rings. The van der Waals surface area contributed by atoms with E-state index in [1.165, 1.54) is 0 Å². The molecule has 5 heteroatoms. The predicted octanol–water partition coefficient (Wildman–Crippen LogP) is 2.60. The third-order valence-electron chi connectivity index (χ3n) is 2.59. The van der Waals surface area contributed by atoms with Gasteiger partial charge in [-0.2, -0.15) is 0 Å². The second-order valence-corrected chi connectivity index (χ2v) is 5.46. The van der Waals surface area contributed by atoms with Crippen LogP contribution in [0.25, 0.3) is 0 Å². The molecule has 0 radical (unpaired) electrons. The fourth-order valence-electron chi connectivity index (χ4n) is 1.82. The topological polar surface area (TPSA) is 42.0 Å². The lowest BCUT2D eigenvalue weighted by molar-refractivity contribution is -0.119. The zero-order chi connectivity index (χ0) is 11.0. The molecule has 1 amide bonds. The number of rotatable bonds is 1. The molecule has 0 saturated carbocycles. The number of aromatic nitrogens is 1. The van der Waals surface area contributed by atoms with E-state index in [1.54, 1.807) is 6.20 Å². The van der Waals surface area contributed by atoms with Crippen molar-refractivity contribution in [3.05, 3.63) is 26.9 Å². The van der Waals surface area contributed by atoms with Crippen LogP contribution >= 0.6 is 31.9 Å². The first-order valence-corrected chi connectivity index (χ1v) is 6.27. The van der Waals surface area contributed by atoms with Crippen LogP contribution in [0.3, 0.4) is 0 Å². The van der Waals surface area contributed by atoms with E-state index in [2.05, 4.69) is 42.2 Å². The summed E-state index contributed by atoms with van der Waals surface area (Å²) in [6, 6.07) is 2.11. The van der Waals surface area contributed by atoms with Gasteiger partial charge in [-0.15, -0.1) is 0 Å². The van der Waals surface area contributed by atoms with Crippen LogP contribution in [-0.4, -0.2) is 16.9 Å². The number of hydrogen-bond donors (Lipinski definition) is 1. The summed E-state index contributed by atoms with van der Waals surface area (Å²) in [4.78, 5) is 15.6. The molecule has 3 nitrogen and oxygen atoms in total. The molecule has 1 saturated heterocycles. The molecular formula is C10H10Br2N2O. The summed E-state index contributed by atoms with van der Waals surface area (Å²) >= 11 is 6.83. The van der Waals surface area contributed by atoms with E-state index in [0.29, 0.717) is 6.42 Å². The molecule has 1 aliphatic heterocycles. The van der Waals surface area contributed by atoms with Crippen molar-refractivity contribution in [2.24, 2.45) is 0 Å². The highest BCUT2D eigenvalue weighted by molar-refractivity contribution is 9.11. The molecule has 0 bridgehead atoms. The predicted molar refractivity (Wildman–Crippen MR) is 64.6 cm³/mol. The molecule has 1 aromatic rings. The number of halogens is 2. The number of pyridine rings is 1. The highest BCUT2D eigenvalue weighted by atomic mass is 79.9. The summed E-state index contributed by atoms with van der Waals surface area (Å²) < 4.78 is 1.88. The smallest absolute Gasteiger partial charge is 0.220 e. The SMILES string of the molecule is CC1NC(=O)CC1c1ncc(Br)cc1Br. The van der Waals surface area contributed by atoms with Crippen LogP contribution in [-0.2, 0) is 4.79 Å². The van der Waals surface area contributed by atoms with Gasteiger partial charge < -0.3 is 5.32 Å². The molecule has 0 spiro atoms. The summed E-state index contributed by atoms with van der Waals surface area (Å²) in [6.45, 7) is 2.01. The van der Waals surface area contributed by atoms with Crippen molar-refractivity contribution in [3.8, 4) is 0 Å². The van der Waals surface area contributed by atoms with Gasteiger partial charge in [0, 0.05) is 33.5 Å². The molecule has 1 aliphatic rings. The molecule has 0 aromatic carbocycles. The van der Waals surface area contributed by atoms with E-state index in [0.717, 1.165) is 14.6 Å². The Hall–Kier alpha value is -0.420.